The summed E-state index contributed by atoms with van der Waals surface area (Å²) in [6.45, 7) is 12.4. The number of amides is 1. The van der Waals surface area contributed by atoms with Crippen LogP contribution in [-0.2, 0) is 22.4 Å². The summed E-state index contributed by atoms with van der Waals surface area (Å²) in [6.07, 6.45) is 3.41. The van der Waals surface area contributed by atoms with Crippen molar-refractivity contribution < 1.29 is 14.3 Å². The van der Waals surface area contributed by atoms with Crippen molar-refractivity contribution >= 4 is 51.3 Å². The summed E-state index contributed by atoms with van der Waals surface area (Å²) in [4.78, 5) is 27.7. The Morgan fingerprint density at radius 2 is 2.09 bits per heavy atom. The van der Waals surface area contributed by atoms with Gasteiger partial charge in [0, 0.05) is 26.7 Å². The van der Waals surface area contributed by atoms with E-state index in [4.69, 9.17) is 4.74 Å². The lowest BCUT2D eigenvalue weighted by atomic mass is 9.88. The lowest BCUT2D eigenvalue weighted by Crippen LogP contribution is -2.17. The van der Waals surface area contributed by atoms with E-state index in [1.165, 1.54) is 45.5 Å². The Hall–Kier alpha value is -2.17. The van der Waals surface area contributed by atoms with Gasteiger partial charge in [-0.15, -0.1) is 32.9 Å². The minimum atomic E-state index is -0.407. The molecule has 3 aromatic rings. The number of hydrogen-bond donors (Lipinski definition) is 1. The molecule has 3 aromatic heterocycles. The van der Waals surface area contributed by atoms with Crippen LogP contribution in [-0.4, -0.2) is 39.0 Å². The molecule has 1 N–H and O–H groups in total. The Morgan fingerprint density at radius 3 is 2.80 bits per heavy atom. The van der Waals surface area contributed by atoms with Gasteiger partial charge < -0.3 is 10.1 Å². The van der Waals surface area contributed by atoms with Gasteiger partial charge in [-0.3, -0.25) is 9.36 Å². The second kappa shape index (κ2) is 10.8. The van der Waals surface area contributed by atoms with Crippen LogP contribution in [0.1, 0.15) is 71.4 Å². The standard InChI is InChI=1S/C25H32N4O3S3/c1-7-32-24(31)21-15(5)16(6)35-23(21)26-20(30)12-34-25-28-27-22(29(25)13(2)3)18-11-33-19-10-14(4)8-9-17(18)19/h11,13-14H,7-10,12H2,1-6H3,(H,26,30). The molecule has 0 spiro atoms. The highest BCUT2D eigenvalue weighted by atomic mass is 32.2. The van der Waals surface area contributed by atoms with E-state index in [9.17, 15) is 9.59 Å². The second-order valence-electron chi connectivity index (χ2n) is 9.21. The normalized spacial score (nSPS) is 15.3. The first kappa shape index (κ1) is 25.9. The van der Waals surface area contributed by atoms with Gasteiger partial charge in [0.25, 0.3) is 0 Å². The number of fused-ring (bicyclic) bond motifs is 1. The van der Waals surface area contributed by atoms with Crippen molar-refractivity contribution in [1.29, 1.82) is 0 Å². The highest BCUT2D eigenvalue weighted by Crippen LogP contribution is 2.39. The molecular formula is C25H32N4O3S3. The lowest BCUT2D eigenvalue weighted by molar-refractivity contribution is -0.113. The number of thioether (sulfide) groups is 1. The summed E-state index contributed by atoms with van der Waals surface area (Å²) in [6, 6.07) is 0.154. The Morgan fingerprint density at radius 1 is 1.31 bits per heavy atom. The molecular weight excluding hydrogens is 501 g/mol. The maximum absolute atomic E-state index is 12.8. The first-order valence-electron chi connectivity index (χ1n) is 11.9. The minimum Gasteiger partial charge on any atom is -0.462 e. The molecule has 188 valence electrons. The maximum Gasteiger partial charge on any atom is 0.341 e. The van der Waals surface area contributed by atoms with Crippen LogP contribution in [0.15, 0.2) is 10.5 Å². The van der Waals surface area contributed by atoms with Gasteiger partial charge in [-0.2, -0.15) is 0 Å². The van der Waals surface area contributed by atoms with E-state index in [0.717, 1.165) is 40.2 Å². The number of ether oxygens (including phenoxy) is 1. The second-order valence-corrected chi connectivity index (χ2v) is 12.3. The minimum absolute atomic E-state index is 0.154. The smallest absolute Gasteiger partial charge is 0.341 e. The van der Waals surface area contributed by atoms with Crippen LogP contribution in [0.5, 0.6) is 0 Å². The van der Waals surface area contributed by atoms with Gasteiger partial charge in [-0.25, -0.2) is 4.79 Å². The number of aryl methyl sites for hydroxylation is 1. The molecule has 7 nitrogen and oxygen atoms in total. The molecule has 0 fully saturated rings. The monoisotopic (exact) mass is 532 g/mol. The lowest BCUT2D eigenvalue weighted by Gasteiger charge is -2.19. The zero-order chi connectivity index (χ0) is 25.3. The molecule has 10 heteroatoms. The van der Waals surface area contributed by atoms with Crippen molar-refractivity contribution in [3.05, 3.63) is 31.8 Å². The van der Waals surface area contributed by atoms with Gasteiger partial charge in [0.1, 0.15) is 5.00 Å². The molecule has 1 aliphatic rings. The zero-order valence-electron chi connectivity index (χ0n) is 21.1. The van der Waals surface area contributed by atoms with Gasteiger partial charge in [0.15, 0.2) is 11.0 Å². The maximum atomic E-state index is 12.8. The van der Waals surface area contributed by atoms with Crippen molar-refractivity contribution in [2.45, 2.75) is 72.0 Å². The van der Waals surface area contributed by atoms with Gasteiger partial charge in [0.2, 0.25) is 5.91 Å². The highest BCUT2D eigenvalue weighted by molar-refractivity contribution is 7.99. The quantitative estimate of drug-likeness (QED) is 0.271. The largest absolute Gasteiger partial charge is 0.462 e. The number of nitrogens with one attached hydrogen (secondary N) is 1. The molecule has 3 heterocycles. The van der Waals surface area contributed by atoms with E-state index < -0.39 is 5.97 Å². The number of carbonyl (C=O) groups excluding carboxylic acids is 2. The fourth-order valence-corrected chi connectivity index (χ4v) is 7.52. The number of rotatable bonds is 8. The van der Waals surface area contributed by atoms with Gasteiger partial charge in [-0.1, -0.05) is 18.7 Å². The average Bonchev–Trinajstić information content (AvgIpc) is 3.47. The van der Waals surface area contributed by atoms with E-state index in [0.29, 0.717) is 10.6 Å². The van der Waals surface area contributed by atoms with Crippen molar-refractivity contribution in [1.82, 2.24) is 14.8 Å². The fourth-order valence-electron chi connectivity index (χ4n) is 4.35. The molecule has 0 saturated heterocycles. The predicted octanol–water partition coefficient (Wildman–Crippen LogP) is 6.30. The molecule has 0 radical (unpaired) electrons. The summed E-state index contributed by atoms with van der Waals surface area (Å²) in [5.41, 5.74) is 3.87. The molecule has 0 saturated carbocycles. The van der Waals surface area contributed by atoms with Crippen LogP contribution in [0.25, 0.3) is 11.4 Å². The molecule has 1 aliphatic carbocycles. The van der Waals surface area contributed by atoms with E-state index in [2.05, 4.69) is 46.2 Å². The topological polar surface area (TPSA) is 86.1 Å². The van der Waals surface area contributed by atoms with Crippen LogP contribution in [0.4, 0.5) is 5.00 Å². The number of thiophene rings is 2. The molecule has 0 aliphatic heterocycles. The van der Waals surface area contributed by atoms with E-state index >= 15 is 0 Å². The highest BCUT2D eigenvalue weighted by Gasteiger charge is 2.26. The Labute approximate surface area is 218 Å². The summed E-state index contributed by atoms with van der Waals surface area (Å²) in [5.74, 6) is 1.17. The number of aromatic nitrogens is 3. The molecule has 0 bridgehead atoms. The third-order valence-corrected chi connectivity index (χ3v) is 9.39. The third-order valence-electron chi connectivity index (χ3n) is 6.27. The summed E-state index contributed by atoms with van der Waals surface area (Å²) in [5, 5.41) is 15.4. The number of nitrogens with zero attached hydrogens (tertiary/aromatic N) is 3. The van der Waals surface area contributed by atoms with Crippen LogP contribution in [0.2, 0.25) is 0 Å². The summed E-state index contributed by atoms with van der Waals surface area (Å²) < 4.78 is 7.32. The summed E-state index contributed by atoms with van der Waals surface area (Å²) in [7, 11) is 0. The van der Waals surface area contributed by atoms with Crippen LogP contribution in [0.3, 0.4) is 0 Å². The van der Waals surface area contributed by atoms with Gasteiger partial charge in [0.05, 0.1) is 17.9 Å². The fraction of sp³-hybridized carbons (Fsp3) is 0.520. The molecule has 35 heavy (non-hydrogen) atoms. The Kier molecular flexibility index (Phi) is 8.02. The molecule has 1 atom stereocenters. The molecule has 4 rings (SSSR count). The van der Waals surface area contributed by atoms with Crippen LogP contribution >= 0.6 is 34.4 Å². The SMILES string of the molecule is CCOC(=O)c1c(NC(=O)CSc2nnc(-c3csc4c3CCC(C)C4)n2C(C)C)sc(C)c1C. The van der Waals surface area contributed by atoms with Crippen molar-refractivity contribution in [2.24, 2.45) is 5.92 Å². The Bertz CT molecular complexity index is 1240. The first-order valence-corrected chi connectivity index (χ1v) is 14.6. The summed E-state index contributed by atoms with van der Waals surface area (Å²) >= 11 is 4.58. The predicted molar refractivity (Wildman–Crippen MR) is 144 cm³/mol. The number of esters is 1. The molecule has 1 unspecified atom stereocenters. The number of hydrogen-bond acceptors (Lipinski definition) is 8. The van der Waals surface area contributed by atoms with Crippen LogP contribution < -0.4 is 5.32 Å². The van der Waals surface area contributed by atoms with E-state index in [1.54, 1.807) is 6.92 Å². The van der Waals surface area contributed by atoms with Crippen molar-refractivity contribution in [2.75, 3.05) is 17.7 Å². The van der Waals surface area contributed by atoms with Crippen molar-refractivity contribution in [3.63, 3.8) is 0 Å². The molecule has 0 aromatic carbocycles. The number of anilines is 1. The average molecular weight is 533 g/mol. The first-order chi connectivity index (χ1) is 16.7. The van der Waals surface area contributed by atoms with Crippen molar-refractivity contribution in [3.8, 4) is 11.4 Å². The molecule has 1 amide bonds. The Balaban J connectivity index is 1.51. The number of carbonyl (C=O) groups is 2. The van der Waals surface area contributed by atoms with E-state index in [1.807, 2.05) is 25.2 Å². The van der Waals surface area contributed by atoms with Gasteiger partial charge in [-0.05, 0) is 70.9 Å². The third kappa shape index (κ3) is 5.34. The van der Waals surface area contributed by atoms with Crippen LogP contribution in [0, 0.1) is 19.8 Å². The van der Waals surface area contributed by atoms with E-state index in [-0.39, 0.29) is 24.3 Å². The van der Waals surface area contributed by atoms with Gasteiger partial charge >= 0.3 is 5.97 Å². The zero-order valence-corrected chi connectivity index (χ0v) is 23.5.